The minimum absolute atomic E-state index is 0.162. The van der Waals surface area contributed by atoms with E-state index in [0.717, 1.165) is 30.6 Å². The van der Waals surface area contributed by atoms with E-state index in [2.05, 4.69) is 15.0 Å². The predicted molar refractivity (Wildman–Crippen MR) is 84.6 cm³/mol. The van der Waals surface area contributed by atoms with E-state index in [1.165, 1.54) is 0 Å². The number of phenolic OH excluding ortho intramolecular Hbond substituents is 2. The lowest BCUT2D eigenvalue weighted by atomic mass is 10.1. The number of pyridine rings is 1. The molecule has 0 saturated heterocycles. The summed E-state index contributed by atoms with van der Waals surface area (Å²) in [5.41, 5.74) is -3.20. The fraction of sp³-hybridized carbons (Fsp3) is 0.0667. The van der Waals surface area contributed by atoms with Crippen molar-refractivity contribution in [2.24, 2.45) is 0 Å². The van der Waals surface area contributed by atoms with E-state index in [-0.39, 0.29) is 16.1 Å². The van der Waals surface area contributed by atoms with E-state index in [9.17, 15) is 38.7 Å². The van der Waals surface area contributed by atoms with Crippen LogP contribution in [-0.2, 0) is 6.18 Å². The van der Waals surface area contributed by atoms with Gasteiger partial charge in [0.15, 0.2) is 23.6 Å². The molecule has 0 saturated carbocycles. The number of nitro groups is 1. The summed E-state index contributed by atoms with van der Waals surface area (Å²) in [5, 5.41) is 41.7. The second-order valence-corrected chi connectivity index (χ2v) is 5.35. The van der Waals surface area contributed by atoms with Crippen LogP contribution < -0.4 is 4.73 Å². The molecule has 10 nitrogen and oxygen atoms in total. The standard InChI is InChI=1S/C15H8F3N5O5/c16-15(17,18)12-8(2-1-3-22(12)26)14-20-6-19-13(21-14)7-4-9(23(27)28)11(25)10(24)5-7/h1-6,24-25H. The smallest absolute Gasteiger partial charge is 0.479 e. The first-order valence-electron chi connectivity index (χ1n) is 7.29. The van der Waals surface area contributed by atoms with Crippen molar-refractivity contribution in [3.05, 3.63) is 57.8 Å². The summed E-state index contributed by atoms with van der Waals surface area (Å²) in [6.07, 6.45) is -3.49. The van der Waals surface area contributed by atoms with E-state index in [4.69, 9.17) is 0 Å². The molecule has 1 aromatic carbocycles. The first kappa shape index (κ1) is 18.8. The van der Waals surface area contributed by atoms with Crippen LogP contribution in [-0.4, -0.2) is 30.1 Å². The minimum atomic E-state index is -5.00. The fourth-order valence-electron chi connectivity index (χ4n) is 2.39. The van der Waals surface area contributed by atoms with Gasteiger partial charge in [0.25, 0.3) is 0 Å². The molecule has 144 valence electrons. The molecule has 0 aliphatic carbocycles. The molecule has 0 unspecified atom stereocenters. The van der Waals surface area contributed by atoms with Gasteiger partial charge in [-0.05, 0) is 12.1 Å². The van der Waals surface area contributed by atoms with Gasteiger partial charge in [0, 0.05) is 17.7 Å². The summed E-state index contributed by atoms with van der Waals surface area (Å²) < 4.78 is 39.3. The molecule has 0 aliphatic heterocycles. The summed E-state index contributed by atoms with van der Waals surface area (Å²) in [7, 11) is 0. The predicted octanol–water partition coefficient (Wildman–Crippen LogP) is 2.18. The third-order valence-corrected chi connectivity index (χ3v) is 3.57. The van der Waals surface area contributed by atoms with Crippen molar-refractivity contribution in [3.63, 3.8) is 0 Å². The maximum absolute atomic E-state index is 13.2. The number of aromatic nitrogens is 4. The fourth-order valence-corrected chi connectivity index (χ4v) is 2.39. The van der Waals surface area contributed by atoms with Gasteiger partial charge in [-0.1, -0.05) is 0 Å². The maximum Gasteiger partial charge on any atom is 0.479 e. The molecule has 0 amide bonds. The number of hydrogen-bond acceptors (Lipinski definition) is 8. The molecule has 3 aromatic rings. The number of benzene rings is 1. The number of phenols is 2. The molecular formula is C15H8F3N5O5. The lowest BCUT2D eigenvalue weighted by Gasteiger charge is -2.11. The quantitative estimate of drug-likeness (QED) is 0.225. The van der Waals surface area contributed by atoms with E-state index < -0.39 is 45.4 Å². The third kappa shape index (κ3) is 3.32. The van der Waals surface area contributed by atoms with Gasteiger partial charge in [-0.25, -0.2) is 15.0 Å². The van der Waals surface area contributed by atoms with Crippen LogP contribution in [0.3, 0.4) is 0 Å². The van der Waals surface area contributed by atoms with Crippen molar-refractivity contribution >= 4 is 5.69 Å². The molecule has 13 heteroatoms. The summed E-state index contributed by atoms with van der Waals surface area (Å²) >= 11 is 0. The largest absolute Gasteiger partial charge is 0.618 e. The van der Waals surface area contributed by atoms with Crippen molar-refractivity contribution in [1.82, 2.24) is 15.0 Å². The van der Waals surface area contributed by atoms with Crippen molar-refractivity contribution in [2.45, 2.75) is 6.18 Å². The van der Waals surface area contributed by atoms with Gasteiger partial charge in [-0.3, -0.25) is 10.1 Å². The number of halogens is 3. The first-order chi connectivity index (χ1) is 13.1. The Morgan fingerprint density at radius 1 is 1.14 bits per heavy atom. The van der Waals surface area contributed by atoms with Crippen LogP contribution in [0.15, 0.2) is 36.8 Å². The van der Waals surface area contributed by atoms with Crippen LogP contribution in [0.4, 0.5) is 18.9 Å². The molecule has 0 radical (unpaired) electrons. The number of nitro benzene ring substituents is 1. The first-order valence-corrected chi connectivity index (χ1v) is 7.29. The van der Waals surface area contributed by atoms with Gasteiger partial charge in [0.2, 0.25) is 5.75 Å². The average Bonchev–Trinajstić information content (AvgIpc) is 2.62. The zero-order valence-corrected chi connectivity index (χ0v) is 13.5. The van der Waals surface area contributed by atoms with Crippen molar-refractivity contribution in [2.75, 3.05) is 0 Å². The number of rotatable bonds is 3. The van der Waals surface area contributed by atoms with Gasteiger partial charge >= 0.3 is 17.6 Å². The molecule has 0 fully saturated rings. The van der Waals surface area contributed by atoms with E-state index in [1.807, 2.05) is 0 Å². The van der Waals surface area contributed by atoms with E-state index in [1.54, 1.807) is 0 Å². The van der Waals surface area contributed by atoms with Gasteiger partial charge in [-0.15, -0.1) is 0 Å². The molecular weight excluding hydrogens is 387 g/mol. The van der Waals surface area contributed by atoms with Crippen molar-refractivity contribution in [1.29, 1.82) is 0 Å². The number of hydrogen-bond donors (Lipinski definition) is 2. The topological polar surface area (TPSA) is 149 Å². The van der Waals surface area contributed by atoms with Gasteiger partial charge in [-0.2, -0.15) is 17.9 Å². The van der Waals surface area contributed by atoms with Crippen LogP contribution in [0.5, 0.6) is 11.5 Å². The van der Waals surface area contributed by atoms with Crippen LogP contribution in [0.2, 0.25) is 0 Å². The zero-order chi connectivity index (χ0) is 20.6. The molecule has 0 bridgehead atoms. The average molecular weight is 395 g/mol. The Hall–Kier alpha value is -4.03. The Bertz CT molecular complexity index is 1090. The highest BCUT2D eigenvalue weighted by atomic mass is 19.4. The van der Waals surface area contributed by atoms with Crippen molar-refractivity contribution < 1.29 is 33.0 Å². The molecule has 0 spiro atoms. The molecule has 28 heavy (non-hydrogen) atoms. The van der Waals surface area contributed by atoms with Crippen LogP contribution in [0, 0.1) is 15.3 Å². The molecule has 2 heterocycles. The second-order valence-electron chi connectivity index (χ2n) is 5.35. The second kappa shape index (κ2) is 6.61. The summed E-state index contributed by atoms with van der Waals surface area (Å²) in [6, 6.07) is 3.77. The molecule has 0 atom stereocenters. The molecule has 2 aromatic heterocycles. The van der Waals surface area contributed by atoms with E-state index in [0.29, 0.717) is 6.20 Å². The van der Waals surface area contributed by atoms with Gasteiger partial charge < -0.3 is 15.4 Å². The summed E-state index contributed by atoms with van der Waals surface area (Å²) in [5.74, 6) is -2.67. The highest BCUT2D eigenvalue weighted by molar-refractivity contribution is 5.69. The van der Waals surface area contributed by atoms with Crippen molar-refractivity contribution in [3.8, 4) is 34.3 Å². The lowest BCUT2D eigenvalue weighted by molar-refractivity contribution is -0.628. The molecule has 3 rings (SSSR count). The highest BCUT2D eigenvalue weighted by Crippen LogP contribution is 2.39. The van der Waals surface area contributed by atoms with Gasteiger partial charge in [0.05, 0.1) is 10.5 Å². The number of aromatic hydroxyl groups is 2. The van der Waals surface area contributed by atoms with Crippen LogP contribution >= 0.6 is 0 Å². The van der Waals surface area contributed by atoms with Crippen LogP contribution in [0.25, 0.3) is 22.8 Å². The lowest BCUT2D eigenvalue weighted by Crippen LogP contribution is -2.37. The Labute approximate surface area is 152 Å². The summed E-state index contributed by atoms with van der Waals surface area (Å²) in [4.78, 5) is 21.1. The normalized spacial score (nSPS) is 11.4. The Morgan fingerprint density at radius 3 is 2.46 bits per heavy atom. The third-order valence-electron chi connectivity index (χ3n) is 3.57. The Kier molecular flexibility index (Phi) is 4.42. The maximum atomic E-state index is 13.2. The molecule has 2 N–H and O–H groups in total. The number of alkyl halides is 3. The monoisotopic (exact) mass is 395 g/mol. The minimum Gasteiger partial charge on any atom is -0.618 e. The molecule has 0 aliphatic rings. The summed E-state index contributed by atoms with van der Waals surface area (Å²) in [6.45, 7) is 0. The SMILES string of the molecule is O=[N+]([O-])c1cc(-c2ncnc(-c3ccc[n+]([O-])c3C(F)(F)F)n2)cc(O)c1O. The Balaban J connectivity index is 2.19. The zero-order valence-electron chi connectivity index (χ0n) is 13.5. The number of nitrogens with zero attached hydrogens (tertiary/aromatic N) is 5. The highest BCUT2D eigenvalue weighted by Gasteiger charge is 2.43. The van der Waals surface area contributed by atoms with Crippen LogP contribution in [0.1, 0.15) is 5.69 Å². The Morgan fingerprint density at radius 2 is 1.82 bits per heavy atom. The van der Waals surface area contributed by atoms with E-state index >= 15 is 0 Å². The van der Waals surface area contributed by atoms with Gasteiger partial charge in [0.1, 0.15) is 6.33 Å².